The molecule has 0 heterocycles. The lowest BCUT2D eigenvalue weighted by Crippen LogP contribution is -2.44. The zero-order valence-electron chi connectivity index (χ0n) is 55.7. The predicted molar refractivity (Wildman–Crippen MR) is 361 cm³/mol. The molecule has 0 saturated heterocycles. The van der Waals surface area contributed by atoms with E-state index < -0.39 is 24.3 Å². The highest BCUT2D eigenvalue weighted by Crippen LogP contribution is 2.17. The Morgan fingerprint density at radius 3 is 1.00 bits per heavy atom. The van der Waals surface area contributed by atoms with E-state index >= 15 is 0 Å². The summed E-state index contributed by atoms with van der Waals surface area (Å²) < 4.78 is 22.8. The van der Waals surface area contributed by atoms with Crippen molar-refractivity contribution in [1.82, 2.24) is 0 Å². The molecule has 0 fully saturated rings. The van der Waals surface area contributed by atoms with Crippen molar-refractivity contribution < 1.29 is 42.9 Å². The molecule has 488 valence electrons. The molecule has 0 aliphatic heterocycles. The van der Waals surface area contributed by atoms with Crippen LogP contribution < -0.4 is 5.11 Å². The third kappa shape index (κ3) is 67.3. The zero-order chi connectivity index (χ0) is 61.9. The first-order chi connectivity index (χ1) is 41.6. The number of nitrogens with zero attached hydrogens (tertiary/aromatic N) is 1. The minimum absolute atomic E-state index is 0.142. The Kier molecular flexibility index (Phi) is 62.8. The van der Waals surface area contributed by atoms with E-state index in [0.717, 1.165) is 96.3 Å². The van der Waals surface area contributed by atoms with Gasteiger partial charge in [-0.25, -0.2) is 0 Å². The Hall–Kier alpha value is -4.05. The fourth-order valence-corrected chi connectivity index (χ4v) is 9.67. The monoisotopic (exact) mass is 1190 g/mol. The number of hydrogen-bond donors (Lipinski definition) is 0. The van der Waals surface area contributed by atoms with E-state index in [9.17, 15) is 19.5 Å². The van der Waals surface area contributed by atoms with E-state index in [-0.39, 0.29) is 38.6 Å². The van der Waals surface area contributed by atoms with Gasteiger partial charge in [0.2, 0.25) is 0 Å². The first kappa shape index (κ1) is 81.0. The van der Waals surface area contributed by atoms with Crippen LogP contribution in [0.25, 0.3) is 0 Å². The van der Waals surface area contributed by atoms with E-state index in [1.54, 1.807) is 0 Å². The highest BCUT2D eigenvalue weighted by Gasteiger charge is 2.22. The number of quaternary nitrogens is 1. The summed E-state index contributed by atoms with van der Waals surface area (Å²) in [5, 5.41) is 11.8. The summed E-state index contributed by atoms with van der Waals surface area (Å²) in [4.78, 5) is 37.5. The summed E-state index contributed by atoms with van der Waals surface area (Å²) >= 11 is 0. The van der Waals surface area contributed by atoms with Gasteiger partial charge < -0.3 is 33.3 Å². The zero-order valence-corrected chi connectivity index (χ0v) is 55.7. The molecule has 0 amide bonds. The molecule has 9 heteroatoms. The van der Waals surface area contributed by atoms with Crippen LogP contribution in [0.5, 0.6) is 0 Å². The predicted octanol–water partition coefficient (Wildman–Crippen LogP) is 20.5. The standard InChI is InChI=1S/C76H131NO8/c1-6-8-10-12-14-16-18-20-22-24-26-28-30-32-34-35-36-37-38-39-41-42-44-46-48-50-52-54-56-58-60-62-64-66-73(78)83-70-72(71-84-76(75(80)81)82-69-68-77(3,4)5)85-74(79)67-65-63-61-59-57-55-53-51-49-47-45-43-40-33-31-29-27-25-23-21-19-17-15-13-11-9-7-2/h9,11,15,17-18,20-21,23-24,26-27,29-30,32-33,40,45,47,72,76H,6-8,10,12-14,16,19,22,25,28,31,34-39,41-44,46,48-71H2,1-5H3/b11-9-,17-15-,20-18-,23-21-,26-24-,29-27-,32-30-,40-33-,47-45-. The fourth-order valence-electron chi connectivity index (χ4n) is 9.67. The molecule has 0 bridgehead atoms. The quantitative estimate of drug-likeness (QED) is 0.0195. The van der Waals surface area contributed by atoms with Gasteiger partial charge in [-0.3, -0.25) is 9.59 Å². The van der Waals surface area contributed by atoms with E-state index in [4.69, 9.17) is 18.9 Å². The van der Waals surface area contributed by atoms with Gasteiger partial charge in [-0.1, -0.05) is 290 Å². The average molecular weight is 1190 g/mol. The highest BCUT2D eigenvalue weighted by atomic mass is 16.7. The molecule has 9 nitrogen and oxygen atoms in total. The van der Waals surface area contributed by atoms with Gasteiger partial charge in [0, 0.05) is 12.8 Å². The molecule has 0 saturated carbocycles. The van der Waals surface area contributed by atoms with Crippen LogP contribution in [0.4, 0.5) is 0 Å². The average Bonchev–Trinajstić information content (AvgIpc) is 3.48. The Morgan fingerprint density at radius 1 is 0.365 bits per heavy atom. The number of carboxylic acid groups (broad SMARTS) is 1. The maximum atomic E-state index is 12.9. The summed E-state index contributed by atoms with van der Waals surface area (Å²) in [7, 11) is 5.93. The van der Waals surface area contributed by atoms with Crippen LogP contribution in [0.2, 0.25) is 0 Å². The molecular formula is C76H131NO8. The largest absolute Gasteiger partial charge is 0.545 e. The molecule has 0 spiro atoms. The van der Waals surface area contributed by atoms with Gasteiger partial charge in [-0.2, -0.15) is 0 Å². The van der Waals surface area contributed by atoms with Gasteiger partial charge in [0.15, 0.2) is 12.4 Å². The molecule has 0 aliphatic rings. The topological polar surface area (TPSA) is 111 Å². The molecule has 0 N–H and O–H groups in total. The van der Waals surface area contributed by atoms with E-state index in [1.165, 1.54) is 167 Å². The second-order valence-electron chi connectivity index (χ2n) is 24.4. The van der Waals surface area contributed by atoms with Crippen molar-refractivity contribution in [2.45, 2.75) is 309 Å². The van der Waals surface area contributed by atoms with E-state index in [0.29, 0.717) is 17.4 Å². The summed E-state index contributed by atoms with van der Waals surface area (Å²) in [5.41, 5.74) is 0. The smallest absolute Gasteiger partial charge is 0.306 e. The van der Waals surface area contributed by atoms with Crippen LogP contribution in [-0.2, 0) is 33.3 Å². The number of carbonyl (C=O) groups is 3. The minimum atomic E-state index is -1.63. The first-order valence-corrected chi connectivity index (χ1v) is 35.0. The maximum Gasteiger partial charge on any atom is 0.306 e. The fraction of sp³-hybridized carbons (Fsp3) is 0.724. The number of hydrogen-bond acceptors (Lipinski definition) is 8. The van der Waals surface area contributed by atoms with Crippen molar-refractivity contribution in [3.8, 4) is 0 Å². The van der Waals surface area contributed by atoms with Gasteiger partial charge in [-0.05, 0) is 103 Å². The molecule has 0 radical (unpaired) electrons. The number of unbranched alkanes of at least 4 members (excludes halogenated alkanes) is 31. The van der Waals surface area contributed by atoms with Crippen LogP contribution in [0, 0.1) is 0 Å². The van der Waals surface area contributed by atoms with Gasteiger partial charge in [-0.15, -0.1) is 0 Å². The molecule has 0 aromatic rings. The number of allylic oxidation sites excluding steroid dienone is 18. The SMILES string of the molecule is CC/C=C\C/C=C\C/C=C\C/C=C\C/C=C\C/C=C\CCCCCCCCCCC(=O)OC(COC(=O)CCCCCCCCCCCCCCCCCCCC/C=C\C/C=C\C/C=C\CCCCCCC)COC(OCC[N+](C)(C)C)C(=O)[O-]. The third-order valence-electron chi connectivity index (χ3n) is 15.0. The van der Waals surface area contributed by atoms with Gasteiger partial charge in [0.25, 0.3) is 0 Å². The van der Waals surface area contributed by atoms with Crippen molar-refractivity contribution in [3.05, 3.63) is 109 Å². The third-order valence-corrected chi connectivity index (χ3v) is 15.0. The van der Waals surface area contributed by atoms with Crippen LogP contribution in [0.1, 0.15) is 296 Å². The lowest BCUT2D eigenvalue weighted by atomic mass is 10.0. The van der Waals surface area contributed by atoms with Crippen LogP contribution in [0.15, 0.2) is 109 Å². The molecule has 0 aliphatic carbocycles. The summed E-state index contributed by atoms with van der Waals surface area (Å²) in [5.74, 6) is -2.29. The van der Waals surface area contributed by atoms with Crippen LogP contribution >= 0.6 is 0 Å². The molecule has 0 aromatic heterocycles. The minimum Gasteiger partial charge on any atom is -0.545 e. The van der Waals surface area contributed by atoms with Crippen molar-refractivity contribution in [1.29, 1.82) is 0 Å². The highest BCUT2D eigenvalue weighted by molar-refractivity contribution is 5.70. The number of aliphatic carboxylic acids is 1. The maximum absolute atomic E-state index is 12.9. The van der Waals surface area contributed by atoms with Crippen molar-refractivity contribution in [3.63, 3.8) is 0 Å². The van der Waals surface area contributed by atoms with Crippen molar-refractivity contribution in [2.75, 3.05) is 47.5 Å². The molecule has 2 atom stereocenters. The van der Waals surface area contributed by atoms with Crippen LogP contribution in [0.3, 0.4) is 0 Å². The molecule has 85 heavy (non-hydrogen) atoms. The number of carbonyl (C=O) groups excluding carboxylic acids is 3. The molecule has 0 aromatic carbocycles. The lowest BCUT2D eigenvalue weighted by molar-refractivity contribution is -0.870. The Labute approximate surface area is 524 Å². The number of ether oxygens (including phenoxy) is 4. The number of carboxylic acids is 1. The molecular weight excluding hydrogens is 1050 g/mol. The summed E-state index contributed by atoms with van der Waals surface area (Å²) in [6.45, 7) is 4.63. The van der Waals surface area contributed by atoms with Gasteiger partial charge in [0.1, 0.15) is 13.2 Å². The Bertz CT molecular complexity index is 1760. The lowest BCUT2D eigenvalue weighted by Gasteiger charge is -2.26. The van der Waals surface area contributed by atoms with Crippen molar-refractivity contribution >= 4 is 17.9 Å². The Morgan fingerprint density at radius 2 is 0.671 bits per heavy atom. The molecule has 2 unspecified atom stereocenters. The van der Waals surface area contributed by atoms with E-state index in [2.05, 4.69) is 123 Å². The van der Waals surface area contributed by atoms with Crippen molar-refractivity contribution in [2.24, 2.45) is 0 Å². The van der Waals surface area contributed by atoms with Crippen LogP contribution in [-0.4, -0.2) is 82.3 Å². The molecule has 0 rings (SSSR count). The normalized spacial score (nSPS) is 13.4. The second kappa shape index (κ2) is 65.9. The van der Waals surface area contributed by atoms with Gasteiger partial charge >= 0.3 is 11.9 Å². The summed E-state index contributed by atoms with van der Waals surface area (Å²) in [6.07, 6.45) is 88.8. The van der Waals surface area contributed by atoms with Gasteiger partial charge in [0.05, 0.1) is 40.3 Å². The summed E-state index contributed by atoms with van der Waals surface area (Å²) in [6, 6.07) is 0. The number of likely N-dealkylation sites (N-methyl/N-ethyl adjacent to an activating group) is 1. The Balaban J connectivity index is 4.13. The number of esters is 2. The van der Waals surface area contributed by atoms with E-state index in [1.807, 2.05) is 21.1 Å². The first-order valence-electron chi connectivity index (χ1n) is 35.0. The number of rotatable bonds is 64. The second-order valence-corrected chi connectivity index (χ2v) is 24.4.